The second-order valence-electron chi connectivity index (χ2n) is 8.21. The van der Waals surface area contributed by atoms with Gasteiger partial charge in [-0.05, 0) is 47.4 Å². The Morgan fingerprint density at radius 1 is 0.794 bits per heavy atom. The number of halogens is 5. The molecule has 4 rings (SSSR count). The average Bonchev–Trinajstić information content (AvgIpc) is 2.82. The highest BCUT2D eigenvalue weighted by atomic mass is 19.2. The van der Waals surface area contributed by atoms with Gasteiger partial charge in [0.15, 0.2) is 41.1 Å². The molecule has 1 saturated heterocycles. The van der Waals surface area contributed by atoms with E-state index in [1.165, 1.54) is 0 Å². The smallest absolute Gasteiger partial charge is 0.194 e. The molecule has 0 unspecified atom stereocenters. The summed E-state index contributed by atoms with van der Waals surface area (Å²) in [6.07, 6.45) is 1.63. The van der Waals surface area contributed by atoms with E-state index in [0.29, 0.717) is 36.8 Å². The van der Waals surface area contributed by atoms with Crippen molar-refractivity contribution in [1.29, 1.82) is 0 Å². The predicted octanol–water partition coefficient (Wildman–Crippen LogP) is 7.09. The van der Waals surface area contributed by atoms with Crippen LogP contribution in [0.5, 0.6) is 5.75 Å². The zero-order valence-electron chi connectivity index (χ0n) is 18.4. The SMILES string of the molecule is CCCC1COC(c2ccc(-c3cc(F)c(OCc4cc(F)c(F)c(F)c4)c(F)c3)cc2)OC1. The lowest BCUT2D eigenvalue weighted by Gasteiger charge is -2.29. The molecule has 3 nitrogen and oxygen atoms in total. The lowest BCUT2D eigenvalue weighted by molar-refractivity contribution is -0.206. The Bertz CT molecular complexity index is 1100. The van der Waals surface area contributed by atoms with Crippen molar-refractivity contribution in [3.8, 4) is 16.9 Å². The standard InChI is InChI=1S/C26H23F5O3/c1-2-3-15-12-33-26(34-13-15)18-6-4-17(5-7-18)19-10-22(29)25(23(30)11-19)32-14-16-8-20(27)24(31)21(28)9-16/h4-11,15,26H,2-3,12-14H2,1H3. The third kappa shape index (κ3) is 5.39. The Balaban J connectivity index is 1.44. The van der Waals surface area contributed by atoms with Gasteiger partial charge in [-0.25, -0.2) is 22.0 Å². The third-order valence-corrected chi connectivity index (χ3v) is 5.60. The van der Waals surface area contributed by atoms with Crippen LogP contribution in [0.25, 0.3) is 11.1 Å². The van der Waals surface area contributed by atoms with Gasteiger partial charge in [-0.2, -0.15) is 0 Å². The molecule has 0 radical (unpaired) electrons. The number of hydrogen-bond acceptors (Lipinski definition) is 3. The molecule has 1 aliphatic heterocycles. The zero-order valence-corrected chi connectivity index (χ0v) is 18.4. The van der Waals surface area contributed by atoms with E-state index in [1.54, 1.807) is 24.3 Å². The van der Waals surface area contributed by atoms with Gasteiger partial charge >= 0.3 is 0 Å². The molecule has 0 bridgehead atoms. The van der Waals surface area contributed by atoms with Gasteiger partial charge in [-0.1, -0.05) is 37.6 Å². The number of benzene rings is 3. The molecule has 1 heterocycles. The van der Waals surface area contributed by atoms with Crippen molar-refractivity contribution in [2.45, 2.75) is 32.7 Å². The summed E-state index contributed by atoms with van der Waals surface area (Å²) in [6, 6.07) is 10.6. The van der Waals surface area contributed by atoms with Gasteiger partial charge in [-0.15, -0.1) is 0 Å². The molecular formula is C26H23F5O3. The van der Waals surface area contributed by atoms with E-state index in [9.17, 15) is 22.0 Å². The van der Waals surface area contributed by atoms with Crippen molar-refractivity contribution in [1.82, 2.24) is 0 Å². The Morgan fingerprint density at radius 2 is 1.38 bits per heavy atom. The van der Waals surface area contributed by atoms with Crippen molar-refractivity contribution in [3.05, 3.63) is 88.7 Å². The van der Waals surface area contributed by atoms with Crippen LogP contribution in [-0.2, 0) is 16.1 Å². The molecule has 0 spiro atoms. The molecule has 0 atom stereocenters. The maximum absolute atomic E-state index is 14.6. The first-order chi connectivity index (χ1) is 16.4. The van der Waals surface area contributed by atoms with Crippen molar-refractivity contribution < 1.29 is 36.2 Å². The van der Waals surface area contributed by atoms with Crippen LogP contribution in [0.3, 0.4) is 0 Å². The van der Waals surface area contributed by atoms with Gasteiger partial charge in [0.05, 0.1) is 13.2 Å². The van der Waals surface area contributed by atoms with E-state index in [2.05, 4.69) is 6.92 Å². The monoisotopic (exact) mass is 478 g/mol. The van der Waals surface area contributed by atoms with Gasteiger partial charge in [0, 0.05) is 11.5 Å². The molecule has 0 aliphatic carbocycles. The Kier molecular flexibility index (Phi) is 7.48. The molecule has 1 fully saturated rings. The van der Waals surface area contributed by atoms with Crippen molar-refractivity contribution >= 4 is 0 Å². The third-order valence-electron chi connectivity index (χ3n) is 5.60. The summed E-state index contributed by atoms with van der Waals surface area (Å²) >= 11 is 0. The summed E-state index contributed by atoms with van der Waals surface area (Å²) in [5, 5.41) is 0. The van der Waals surface area contributed by atoms with Gasteiger partial charge < -0.3 is 14.2 Å². The van der Waals surface area contributed by atoms with E-state index in [0.717, 1.165) is 30.5 Å². The topological polar surface area (TPSA) is 27.7 Å². The summed E-state index contributed by atoms with van der Waals surface area (Å²) in [4.78, 5) is 0. The van der Waals surface area contributed by atoms with Crippen LogP contribution in [0.4, 0.5) is 22.0 Å². The Hall–Kier alpha value is -2.97. The fourth-order valence-electron chi connectivity index (χ4n) is 3.85. The van der Waals surface area contributed by atoms with Crippen LogP contribution in [0.2, 0.25) is 0 Å². The minimum Gasteiger partial charge on any atom is -0.483 e. The molecule has 180 valence electrons. The molecule has 0 N–H and O–H groups in total. The quantitative estimate of drug-likeness (QED) is 0.268. The second kappa shape index (κ2) is 10.5. The fourth-order valence-corrected chi connectivity index (χ4v) is 3.85. The van der Waals surface area contributed by atoms with Crippen molar-refractivity contribution in [2.24, 2.45) is 5.92 Å². The molecule has 1 aliphatic rings. The largest absolute Gasteiger partial charge is 0.483 e. The molecule has 34 heavy (non-hydrogen) atoms. The van der Waals surface area contributed by atoms with E-state index >= 15 is 0 Å². The normalized spacial score (nSPS) is 18.2. The first-order valence-electron chi connectivity index (χ1n) is 10.9. The lowest BCUT2D eigenvalue weighted by atomic mass is 10.0. The molecule has 0 aromatic heterocycles. The van der Waals surface area contributed by atoms with E-state index < -0.39 is 47.7 Å². The number of hydrogen-bond donors (Lipinski definition) is 0. The Morgan fingerprint density at radius 3 is 1.94 bits per heavy atom. The molecule has 8 heteroatoms. The van der Waals surface area contributed by atoms with E-state index in [-0.39, 0.29) is 11.1 Å². The highest BCUT2D eigenvalue weighted by molar-refractivity contribution is 5.65. The van der Waals surface area contributed by atoms with Crippen LogP contribution in [-0.4, -0.2) is 13.2 Å². The summed E-state index contributed by atoms with van der Waals surface area (Å²) in [5.74, 6) is -6.74. The van der Waals surface area contributed by atoms with Gasteiger partial charge in [0.25, 0.3) is 0 Å². The number of rotatable bonds is 7. The van der Waals surface area contributed by atoms with Crippen molar-refractivity contribution in [2.75, 3.05) is 13.2 Å². The maximum Gasteiger partial charge on any atom is 0.194 e. The first kappa shape index (κ1) is 24.2. The zero-order chi connectivity index (χ0) is 24.2. The average molecular weight is 478 g/mol. The summed E-state index contributed by atoms with van der Waals surface area (Å²) in [7, 11) is 0. The van der Waals surface area contributed by atoms with E-state index in [4.69, 9.17) is 14.2 Å². The Labute approximate surface area is 194 Å². The lowest BCUT2D eigenvalue weighted by Crippen LogP contribution is -2.26. The second-order valence-corrected chi connectivity index (χ2v) is 8.21. The van der Waals surface area contributed by atoms with Gasteiger partial charge in [0.2, 0.25) is 0 Å². The van der Waals surface area contributed by atoms with Crippen LogP contribution >= 0.6 is 0 Å². The van der Waals surface area contributed by atoms with Gasteiger partial charge in [0.1, 0.15) is 6.61 Å². The molecule has 3 aromatic rings. The molecule has 3 aromatic carbocycles. The van der Waals surface area contributed by atoms with Crippen LogP contribution in [0, 0.1) is 35.0 Å². The summed E-state index contributed by atoms with van der Waals surface area (Å²) in [5.41, 5.74) is 1.54. The maximum atomic E-state index is 14.6. The first-order valence-corrected chi connectivity index (χ1v) is 10.9. The molecule has 0 amide bonds. The van der Waals surface area contributed by atoms with Crippen LogP contribution in [0.1, 0.15) is 37.2 Å². The molecular weight excluding hydrogens is 455 g/mol. The molecule has 0 saturated carbocycles. The highest BCUT2D eigenvalue weighted by Crippen LogP contribution is 2.32. The fraction of sp³-hybridized carbons (Fsp3) is 0.308. The van der Waals surface area contributed by atoms with Crippen molar-refractivity contribution in [3.63, 3.8) is 0 Å². The number of ether oxygens (including phenoxy) is 3. The van der Waals surface area contributed by atoms with Crippen LogP contribution in [0.15, 0.2) is 48.5 Å². The van der Waals surface area contributed by atoms with Crippen LogP contribution < -0.4 is 4.74 Å². The minimum atomic E-state index is -1.63. The summed E-state index contributed by atoms with van der Waals surface area (Å²) < 4.78 is 85.5. The minimum absolute atomic E-state index is 0.108. The summed E-state index contributed by atoms with van der Waals surface area (Å²) in [6.45, 7) is 2.81. The van der Waals surface area contributed by atoms with E-state index in [1.807, 2.05) is 0 Å². The highest BCUT2D eigenvalue weighted by Gasteiger charge is 2.23. The predicted molar refractivity (Wildman–Crippen MR) is 115 cm³/mol. The van der Waals surface area contributed by atoms with Gasteiger partial charge in [-0.3, -0.25) is 0 Å².